The second kappa shape index (κ2) is 12.0. The smallest absolute Gasteiger partial charge is 0.341 e. The van der Waals surface area contributed by atoms with E-state index in [0.717, 1.165) is 4.90 Å². The number of methoxy groups -OCH3 is 2. The van der Waals surface area contributed by atoms with Gasteiger partial charge in [0.05, 0.1) is 20.8 Å². The number of nitrogens with zero attached hydrogens (tertiary/aromatic N) is 2. The zero-order chi connectivity index (χ0) is 30.7. The van der Waals surface area contributed by atoms with Gasteiger partial charge in [0.2, 0.25) is 0 Å². The maximum Gasteiger partial charge on any atom is 0.341 e. The van der Waals surface area contributed by atoms with E-state index in [-0.39, 0.29) is 31.2 Å². The molecule has 3 amide bonds. The Kier molecular flexibility index (Phi) is 8.81. The minimum absolute atomic E-state index is 0.0726. The number of ether oxygens (including phenoxy) is 4. The Bertz CT molecular complexity index is 1340. The van der Waals surface area contributed by atoms with Gasteiger partial charge in [-0.2, -0.15) is 0 Å². The van der Waals surface area contributed by atoms with Crippen LogP contribution in [0.2, 0.25) is 0 Å². The van der Waals surface area contributed by atoms with E-state index < -0.39 is 34.6 Å². The first-order valence-corrected chi connectivity index (χ1v) is 13.9. The summed E-state index contributed by atoms with van der Waals surface area (Å²) < 4.78 is 21.4. The summed E-state index contributed by atoms with van der Waals surface area (Å²) in [5.74, 6) is -0.600. The summed E-state index contributed by atoms with van der Waals surface area (Å²) in [7, 11) is 2.96. The average molecular weight is 582 g/mol. The van der Waals surface area contributed by atoms with Crippen molar-refractivity contribution in [2.45, 2.75) is 57.2 Å². The zero-order valence-corrected chi connectivity index (χ0v) is 25.0. The van der Waals surface area contributed by atoms with Gasteiger partial charge in [-0.3, -0.25) is 14.6 Å². The molecule has 0 unspecified atom stereocenters. The molecular formula is C31H39N3O8. The van der Waals surface area contributed by atoms with Crippen LogP contribution in [0.5, 0.6) is 11.5 Å². The first-order valence-electron chi connectivity index (χ1n) is 13.9. The van der Waals surface area contributed by atoms with Crippen molar-refractivity contribution < 1.29 is 38.1 Å². The molecule has 11 nitrogen and oxygen atoms in total. The lowest BCUT2D eigenvalue weighted by Crippen LogP contribution is -2.70. The van der Waals surface area contributed by atoms with E-state index in [0.29, 0.717) is 36.4 Å². The number of benzene rings is 2. The number of hydrogen-bond donors (Lipinski definition) is 1. The van der Waals surface area contributed by atoms with Gasteiger partial charge in [0, 0.05) is 17.6 Å². The van der Waals surface area contributed by atoms with Crippen molar-refractivity contribution in [1.82, 2.24) is 15.1 Å². The van der Waals surface area contributed by atoms with E-state index in [2.05, 4.69) is 10.2 Å². The Balaban J connectivity index is 1.38. The highest BCUT2D eigenvalue weighted by Gasteiger charge is 2.61. The van der Waals surface area contributed by atoms with E-state index in [1.807, 2.05) is 27.7 Å². The number of carbonyl (C=O) groups excluding carboxylic acids is 4. The van der Waals surface area contributed by atoms with Gasteiger partial charge in [0.15, 0.2) is 0 Å². The molecule has 226 valence electrons. The van der Waals surface area contributed by atoms with Gasteiger partial charge in [-0.15, -0.1) is 0 Å². The lowest BCUT2D eigenvalue weighted by Gasteiger charge is -2.57. The van der Waals surface area contributed by atoms with Crippen LogP contribution in [0, 0.1) is 0 Å². The van der Waals surface area contributed by atoms with Crippen LogP contribution in [0.15, 0.2) is 48.5 Å². The number of rotatable bonds is 10. The minimum Gasteiger partial charge on any atom is -0.496 e. The fourth-order valence-electron chi connectivity index (χ4n) is 6.52. The SMILES string of the molecule is COc1ccccc1C(=O)OCCN1C(=O)NC2(CC(C)(C)N(CCOC(=O)c3ccccc3OC)C(C)(C)C2)C1=O. The van der Waals surface area contributed by atoms with Gasteiger partial charge in [0.25, 0.3) is 5.91 Å². The number of hydrogen-bond acceptors (Lipinski definition) is 9. The second-order valence-electron chi connectivity index (χ2n) is 11.8. The average Bonchev–Trinajstić information content (AvgIpc) is 3.16. The molecule has 42 heavy (non-hydrogen) atoms. The van der Waals surface area contributed by atoms with Crippen molar-refractivity contribution >= 4 is 23.9 Å². The number of urea groups is 1. The first kappa shape index (κ1) is 30.8. The molecule has 2 fully saturated rings. The van der Waals surface area contributed by atoms with Crippen LogP contribution in [-0.4, -0.2) is 90.8 Å². The number of amides is 3. The van der Waals surface area contributed by atoms with Crippen molar-refractivity contribution in [1.29, 1.82) is 0 Å². The number of esters is 2. The highest BCUT2D eigenvalue weighted by molar-refractivity contribution is 6.07. The van der Waals surface area contributed by atoms with Crippen LogP contribution in [0.1, 0.15) is 61.3 Å². The molecule has 0 radical (unpaired) electrons. The van der Waals surface area contributed by atoms with Crippen molar-refractivity contribution in [2.24, 2.45) is 0 Å². The highest BCUT2D eigenvalue weighted by atomic mass is 16.5. The number of imide groups is 1. The Labute approximate surface area is 246 Å². The van der Waals surface area contributed by atoms with E-state index in [1.165, 1.54) is 14.2 Å². The molecule has 0 saturated carbocycles. The standard InChI is InChI=1S/C31H39N3O8/c1-29(2)19-31(20-30(3,4)34(29)16-18-42-26(36)22-12-8-10-14-24(22)40-6)27(37)33(28(38)32-31)15-17-41-25(35)21-11-7-9-13-23(21)39-5/h7-14H,15-20H2,1-6H3,(H,32,38). The third kappa shape index (κ3) is 6.06. The van der Waals surface area contributed by atoms with Gasteiger partial charge >= 0.3 is 18.0 Å². The lowest BCUT2D eigenvalue weighted by atomic mass is 9.69. The van der Waals surface area contributed by atoms with Gasteiger partial charge in [-0.05, 0) is 64.8 Å². The van der Waals surface area contributed by atoms with Crippen molar-refractivity contribution in [3.63, 3.8) is 0 Å². The number of nitrogens with one attached hydrogen (secondary N) is 1. The molecule has 2 aromatic carbocycles. The minimum atomic E-state index is -1.11. The molecule has 0 aromatic heterocycles. The predicted molar refractivity (Wildman–Crippen MR) is 154 cm³/mol. The quantitative estimate of drug-likeness (QED) is 0.331. The maximum absolute atomic E-state index is 13.7. The monoisotopic (exact) mass is 581 g/mol. The molecule has 1 spiro atoms. The van der Waals surface area contributed by atoms with Crippen LogP contribution >= 0.6 is 0 Å². The normalized spacial score (nSPS) is 18.9. The molecule has 2 heterocycles. The Morgan fingerprint density at radius 1 is 0.762 bits per heavy atom. The van der Waals surface area contributed by atoms with Crippen LogP contribution in [0.3, 0.4) is 0 Å². The summed E-state index contributed by atoms with van der Waals surface area (Å²) in [4.78, 5) is 55.3. The third-order valence-corrected chi connectivity index (χ3v) is 7.93. The van der Waals surface area contributed by atoms with E-state index in [1.54, 1.807) is 48.5 Å². The number of likely N-dealkylation sites (tertiary alicyclic amines) is 1. The van der Waals surface area contributed by atoms with Gasteiger partial charge in [-0.1, -0.05) is 24.3 Å². The number of para-hydroxylation sites is 2. The number of carbonyl (C=O) groups is 4. The molecule has 0 aliphatic carbocycles. The fraction of sp³-hybridized carbons (Fsp3) is 0.484. The Morgan fingerprint density at radius 2 is 1.21 bits per heavy atom. The van der Waals surface area contributed by atoms with E-state index in [4.69, 9.17) is 18.9 Å². The molecule has 0 bridgehead atoms. The molecule has 1 N–H and O–H groups in total. The van der Waals surface area contributed by atoms with E-state index in [9.17, 15) is 19.2 Å². The third-order valence-electron chi connectivity index (χ3n) is 7.93. The Morgan fingerprint density at radius 3 is 1.69 bits per heavy atom. The lowest BCUT2D eigenvalue weighted by molar-refractivity contribution is -0.141. The molecule has 4 rings (SSSR count). The molecule has 0 atom stereocenters. The fourth-order valence-corrected chi connectivity index (χ4v) is 6.52. The molecule has 11 heteroatoms. The Hall–Kier alpha value is -4.12. The predicted octanol–water partition coefficient (Wildman–Crippen LogP) is 3.66. The summed E-state index contributed by atoms with van der Waals surface area (Å²) in [6.45, 7) is 8.38. The summed E-state index contributed by atoms with van der Waals surface area (Å²) in [5.41, 5.74) is -1.56. The summed E-state index contributed by atoms with van der Waals surface area (Å²) in [6, 6.07) is 13.0. The highest BCUT2D eigenvalue weighted by Crippen LogP contribution is 2.45. The van der Waals surface area contributed by atoms with Gasteiger partial charge in [-0.25, -0.2) is 14.4 Å². The number of piperidine rings is 1. The van der Waals surface area contributed by atoms with Crippen molar-refractivity contribution in [3.05, 3.63) is 59.7 Å². The van der Waals surface area contributed by atoms with Gasteiger partial charge in [0.1, 0.15) is 41.4 Å². The summed E-state index contributed by atoms with van der Waals surface area (Å²) in [6.07, 6.45) is 0.706. The topological polar surface area (TPSA) is 124 Å². The molecule has 2 saturated heterocycles. The summed E-state index contributed by atoms with van der Waals surface area (Å²) in [5, 5.41) is 2.95. The van der Waals surface area contributed by atoms with Crippen LogP contribution in [-0.2, 0) is 14.3 Å². The molecule has 2 aliphatic heterocycles. The maximum atomic E-state index is 13.7. The van der Waals surface area contributed by atoms with E-state index >= 15 is 0 Å². The van der Waals surface area contributed by atoms with Crippen LogP contribution < -0.4 is 14.8 Å². The second-order valence-corrected chi connectivity index (χ2v) is 11.8. The van der Waals surface area contributed by atoms with Gasteiger partial charge < -0.3 is 24.3 Å². The van der Waals surface area contributed by atoms with Crippen LogP contribution in [0.4, 0.5) is 4.79 Å². The first-order chi connectivity index (χ1) is 19.8. The molecular weight excluding hydrogens is 542 g/mol. The van der Waals surface area contributed by atoms with Crippen LogP contribution in [0.25, 0.3) is 0 Å². The van der Waals surface area contributed by atoms with Crippen molar-refractivity contribution in [3.8, 4) is 11.5 Å². The van der Waals surface area contributed by atoms with Crippen molar-refractivity contribution in [2.75, 3.05) is 40.5 Å². The molecule has 2 aromatic rings. The zero-order valence-electron chi connectivity index (χ0n) is 25.0. The molecule has 2 aliphatic rings. The summed E-state index contributed by atoms with van der Waals surface area (Å²) >= 11 is 0. The largest absolute Gasteiger partial charge is 0.496 e.